The maximum atomic E-state index is 12.4. The van der Waals surface area contributed by atoms with Gasteiger partial charge in [-0.15, -0.1) is 5.10 Å². The molecule has 1 fully saturated rings. The maximum Gasteiger partial charge on any atom is 0.283 e. The van der Waals surface area contributed by atoms with E-state index < -0.39 is 5.91 Å². The Kier molecular flexibility index (Phi) is 4.50. The SMILES string of the molecule is COc1ccc(/C=C2\C(=N)N3N=C(N4CCCCC4)SC3=NC2=O)cc1. The third-order valence-electron chi connectivity index (χ3n) is 4.50. The first-order valence-corrected chi connectivity index (χ1v) is 9.36. The Balaban J connectivity index is 1.60. The van der Waals surface area contributed by atoms with E-state index in [1.54, 1.807) is 13.2 Å². The summed E-state index contributed by atoms with van der Waals surface area (Å²) in [6, 6.07) is 7.31. The van der Waals surface area contributed by atoms with E-state index in [1.165, 1.54) is 23.2 Å². The summed E-state index contributed by atoms with van der Waals surface area (Å²) in [5.74, 6) is 0.402. The van der Waals surface area contributed by atoms with E-state index in [4.69, 9.17) is 10.1 Å². The van der Waals surface area contributed by atoms with Gasteiger partial charge in [0.05, 0.1) is 12.7 Å². The van der Waals surface area contributed by atoms with Gasteiger partial charge >= 0.3 is 0 Å². The van der Waals surface area contributed by atoms with E-state index in [2.05, 4.69) is 15.0 Å². The van der Waals surface area contributed by atoms with Gasteiger partial charge in [0.1, 0.15) is 5.75 Å². The zero-order valence-corrected chi connectivity index (χ0v) is 15.3. The van der Waals surface area contributed by atoms with Crippen LogP contribution in [0.4, 0.5) is 0 Å². The molecule has 0 atom stereocenters. The predicted molar refractivity (Wildman–Crippen MR) is 103 cm³/mol. The fourth-order valence-corrected chi connectivity index (χ4v) is 4.01. The van der Waals surface area contributed by atoms with Gasteiger partial charge in [-0.25, -0.2) is 0 Å². The summed E-state index contributed by atoms with van der Waals surface area (Å²) >= 11 is 1.37. The van der Waals surface area contributed by atoms with Crippen LogP contribution in [0.2, 0.25) is 0 Å². The number of aliphatic imine (C=N–C) groups is 1. The second-order valence-electron chi connectivity index (χ2n) is 6.22. The van der Waals surface area contributed by atoms with Gasteiger partial charge in [-0.2, -0.15) is 10.0 Å². The fourth-order valence-electron chi connectivity index (χ4n) is 3.06. The largest absolute Gasteiger partial charge is 0.497 e. The number of nitrogens with one attached hydrogen (secondary N) is 1. The van der Waals surface area contributed by atoms with E-state index in [0.717, 1.165) is 42.4 Å². The van der Waals surface area contributed by atoms with Crippen LogP contribution in [0.3, 0.4) is 0 Å². The molecule has 3 aliphatic rings. The highest BCUT2D eigenvalue weighted by molar-refractivity contribution is 8.26. The molecule has 1 saturated heterocycles. The quantitative estimate of drug-likeness (QED) is 0.811. The summed E-state index contributed by atoms with van der Waals surface area (Å²) < 4.78 is 5.14. The number of amidine groups is 3. The summed E-state index contributed by atoms with van der Waals surface area (Å²) in [5.41, 5.74) is 1.05. The summed E-state index contributed by atoms with van der Waals surface area (Å²) in [5, 5.41) is 15.7. The van der Waals surface area contributed by atoms with Gasteiger partial charge in [0.2, 0.25) is 5.17 Å². The number of thioether (sulfide) groups is 1. The number of carbonyl (C=O) groups excluding carboxylic acids is 1. The third-order valence-corrected chi connectivity index (χ3v) is 5.47. The number of hydrazone groups is 1. The van der Waals surface area contributed by atoms with Crippen molar-refractivity contribution in [2.75, 3.05) is 20.2 Å². The van der Waals surface area contributed by atoms with Crippen LogP contribution in [0, 0.1) is 5.41 Å². The van der Waals surface area contributed by atoms with E-state index in [0.29, 0.717) is 5.17 Å². The average Bonchev–Trinajstić information content (AvgIpc) is 3.10. The lowest BCUT2D eigenvalue weighted by Gasteiger charge is -2.26. The summed E-state index contributed by atoms with van der Waals surface area (Å²) in [7, 11) is 1.60. The molecule has 0 bridgehead atoms. The molecule has 0 unspecified atom stereocenters. The Hall–Kier alpha value is -2.61. The Bertz CT molecular complexity index is 838. The Labute approximate surface area is 155 Å². The highest BCUT2D eigenvalue weighted by Gasteiger charge is 2.37. The number of ether oxygens (including phenoxy) is 1. The number of hydrogen-bond acceptors (Lipinski definition) is 6. The highest BCUT2D eigenvalue weighted by Crippen LogP contribution is 2.30. The smallest absolute Gasteiger partial charge is 0.283 e. The van der Waals surface area contributed by atoms with Crippen molar-refractivity contribution in [3.05, 3.63) is 35.4 Å². The molecule has 0 aliphatic carbocycles. The van der Waals surface area contributed by atoms with E-state index in [9.17, 15) is 4.79 Å². The molecule has 3 aliphatic heterocycles. The second kappa shape index (κ2) is 6.95. The van der Waals surface area contributed by atoms with Gasteiger partial charge < -0.3 is 9.64 Å². The van der Waals surface area contributed by atoms with Crippen molar-refractivity contribution in [3.8, 4) is 5.75 Å². The molecule has 4 rings (SSSR count). The van der Waals surface area contributed by atoms with Crippen molar-refractivity contribution in [2.45, 2.75) is 19.3 Å². The van der Waals surface area contributed by atoms with Gasteiger partial charge in [0.25, 0.3) is 5.91 Å². The Morgan fingerprint density at radius 3 is 2.58 bits per heavy atom. The van der Waals surface area contributed by atoms with Crippen molar-refractivity contribution in [3.63, 3.8) is 0 Å². The number of likely N-dealkylation sites (tertiary alicyclic amines) is 1. The van der Waals surface area contributed by atoms with Crippen LogP contribution < -0.4 is 4.74 Å². The molecule has 7 nitrogen and oxygen atoms in total. The van der Waals surface area contributed by atoms with E-state index >= 15 is 0 Å². The van der Waals surface area contributed by atoms with Crippen molar-refractivity contribution < 1.29 is 9.53 Å². The number of fused-ring (bicyclic) bond motifs is 1. The van der Waals surface area contributed by atoms with Crippen molar-refractivity contribution >= 4 is 39.9 Å². The standard InChI is InChI=1S/C18H19N5O2S/c1-25-13-7-5-12(6-8-13)11-14-15(19)23-17(20-16(14)24)26-18(21-23)22-9-3-2-4-10-22/h5-8,11,19H,2-4,9-10H2,1H3/b14-11+,19-15?. The highest BCUT2D eigenvalue weighted by atomic mass is 32.2. The number of hydrogen-bond donors (Lipinski definition) is 1. The first-order valence-electron chi connectivity index (χ1n) is 8.55. The van der Waals surface area contributed by atoms with Crippen molar-refractivity contribution in [1.29, 1.82) is 5.41 Å². The molecular formula is C18H19N5O2S. The van der Waals surface area contributed by atoms with Crippen LogP contribution in [0.1, 0.15) is 24.8 Å². The fraction of sp³-hybridized carbons (Fsp3) is 0.333. The molecule has 0 saturated carbocycles. The lowest BCUT2D eigenvalue weighted by molar-refractivity contribution is -0.114. The minimum atomic E-state index is -0.403. The molecule has 0 aromatic heterocycles. The van der Waals surface area contributed by atoms with Gasteiger partial charge in [-0.3, -0.25) is 10.2 Å². The van der Waals surface area contributed by atoms with Gasteiger partial charge in [-0.05, 0) is 54.8 Å². The third kappa shape index (κ3) is 3.12. The number of amides is 1. The normalized spacial score (nSPS) is 21.7. The number of piperidine rings is 1. The van der Waals surface area contributed by atoms with Crippen molar-refractivity contribution in [1.82, 2.24) is 9.91 Å². The van der Waals surface area contributed by atoms with Crippen LogP contribution >= 0.6 is 11.8 Å². The number of benzene rings is 1. The molecule has 134 valence electrons. The van der Waals surface area contributed by atoms with E-state index in [-0.39, 0.29) is 11.4 Å². The summed E-state index contributed by atoms with van der Waals surface area (Å²) in [4.78, 5) is 18.8. The van der Waals surface area contributed by atoms with Gasteiger partial charge in [0, 0.05) is 13.1 Å². The van der Waals surface area contributed by atoms with Crippen LogP contribution in [-0.2, 0) is 4.79 Å². The summed E-state index contributed by atoms with van der Waals surface area (Å²) in [6.07, 6.45) is 5.20. The molecule has 1 amide bonds. The minimum absolute atomic E-state index is 0.0651. The molecule has 0 spiro atoms. The molecule has 0 radical (unpaired) electrons. The van der Waals surface area contributed by atoms with Crippen molar-refractivity contribution in [2.24, 2.45) is 10.1 Å². The first kappa shape index (κ1) is 16.8. The lowest BCUT2D eigenvalue weighted by Crippen LogP contribution is -2.35. The monoisotopic (exact) mass is 369 g/mol. The lowest BCUT2D eigenvalue weighted by atomic mass is 10.1. The van der Waals surface area contributed by atoms with Crippen LogP contribution in [0.25, 0.3) is 6.08 Å². The van der Waals surface area contributed by atoms with Gasteiger partial charge in [0.15, 0.2) is 11.0 Å². The molecule has 3 heterocycles. The van der Waals surface area contributed by atoms with Crippen LogP contribution in [0.15, 0.2) is 39.9 Å². The number of rotatable bonds is 2. The molecule has 8 heteroatoms. The van der Waals surface area contributed by atoms with Gasteiger partial charge in [-0.1, -0.05) is 12.1 Å². The molecule has 1 N–H and O–H groups in total. The maximum absolute atomic E-state index is 12.4. The number of methoxy groups -OCH3 is 1. The number of nitrogens with zero attached hydrogens (tertiary/aromatic N) is 4. The van der Waals surface area contributed by atoms with Crippen LogP contribution in [-0.4, -0.2) is 52.2 Å². The first-order chi connectivity index (χ1) is 12.7. The molecule has 1 aromatic carbocycles. The second-order valence-corrected chi connectivity index (χ2v) is 7.16. The Morgan fingerprint density at radius 2 is 1.88 bits per heavy atom. The van der Waals surface area contributed by atoms with E-state index in [1.807, 2.05) is 24.3 Å². The number of carbonyl (C=O) groups is 1. The van der Waals surface area contributed by atoms with Crippen LogP contribution in [0.5, 0.6) is 5.75 Å². The summed E-state index contributed by atoms with van der Waals surface area (Å²) in [6.45, 7) is 1.92. The average molecular weight is 369 g/mol. The molecule has 1 aromatic rings. The molecular weight excluding hydrogens is 350 g/mol. The predicted octanol–water partition coefficient (Wildman–Crippen LogP) is 2.76. The topological polar surface area (TPSA) is 81.3 Å². The minimum Gasteiger partial charge on any atom is -0.497 e. The molecule has 26 heavy (non-hydrogen) atoms. The Morgan fingerprint density at radius 1 is 1.15 bits per heavy atom. The zero-order chi connectivity index (χ0) is 18.1. The zero-order valence-electron chi connectivity index (χ0n) is 14.4.